The molecule has 0 radical (unpaired) electrons. The Bertz CT molecular complexity index is 936. The maximum absolute atomic E-state index is 12.9. The van der Waals surface area contributed by atoms with E-state index in [0.29, 0.717) is 27.5 Å². The van der Waals surface area contributed by atoms with Crippen LogP contribution in [0.4, 0.5) is 0 Å². The molecule has 6 heteroatoms. The van der Waals surface area contributed by atoms with E-state index in [9.17, 15) is 9.59 Å². The number of hydrogen-bond donors (Lipinski definition) is 0. The van der Waals surface area contributed by atoms with Crippen molar-refractivity contribution in [1.29, 1.82) is 0 Å². The van der Waals surface area contributed by atoms with Crippen molar-refractivity contribution >= 4 is 23.2 Å². The summed E-state index contributed by atoms with van der Waals surface area (Å²) in [6.07, 6.45) is 1.52. The third kappa shape index (κ3) is 3.10. The maximum Gasteiger partial charge on any atom is 0.303 e. The van der Waals surface area contributed by atoms with Gasteiger partial charge in [0.2, 0.25) is 0 Å². The summed E-state index contributed by atoms with van der Waals surface area (Å²) in [4.78, 5) is 28.4. The number of halogens is 1. The highest BCUT2D eigenvalue weighted by Gasteiger charge is 2.15. The summed E-state index contributed by atoms with van der Waals surface area (Å²) in [6.45, 7) is 1.25. The minimum absolute atomic E-state index is 0.0616. The average Bonchev–Trinajstić information content (AvgIpc) is 2.54. The monoisotopic (exact) mass is 328 g/mol. The summed E-state index contributed by atoms with van der Waals surface area (Å²) in [5.74, 6) is -0.429. The van der Waals surface area contributed by atoms with E-state index in [0.717, 1.165) is 0 Å². The van der Waals surface area contributed by atoms with Crippen LogP contribution in [0.5, 0.6) is 0 Å². The molecule has 0 saturated carbocycles. The van der Waals surface area contributed by atoms with Crippen LogP contribution in [0.25, 0.3) is 16.8 Å². The van der Waals surface area contributed by atoms with Crippen molar-refractivity contribution < 1.29 is 9.53 Å². The van der Waals surface area contributed by atoms with Crippen molar-refractivity contribution in [3.63, 3.8) is 0 Å². The Morgan fingerprint density at radius 2 is 1.96 bits per heavy atom. The zero-order valence-corrected chi connectivity index (χ0v) is 13.1. The lowest BCUT2D eigenvalue weighted by atomic mass is 10.1. The fourth-order valence-electron chi connectivity index (χ4n) is 2.33. The van der Waals surface area contributed by atoms with Gasteiger partial charge in [-0.05, 0) is 17.7 Å². The molecule has 1 aromatic carbocycles. The number of carbonyl (C=O) groups excluding carboxylic acids is 1. The second-order valence-corrected chi connectivity index (χ2v) is 5.40. The number of aromatic nitrogens is 2. The summed E-state index contributed by atoms with van der Waals surface area (Å²) in [7, 11) is 0. The van der Waals surface area contributed by atoms with E-state index < -0.39 is 5.97 Å². The summed E-state index contributed by atoms with van der Waals surface area (Å²) in [5.41, 5.74) is 1.71. The molecular weight excluding hydrogens is 316 g/mol. The Morgan fingerprint density at radius 1 is 1.22 bits per heavy atom. The van der Waals surface area contributed by atoms with Crippen molar-refractivity contribution in [3.8, 4) is 11.1 Å². The largest absolute Gasteiger partial charge is 0.459 e. The number of hydrogen-bond acceptors (Lipinski definition) is 4. The predicted molar refractivity (Wildman–Crippen MR) is 87.4 cm³/mol. The Kier molecular flexibility index (Phi) is 4.12. The summed E-state index contributed by atoms with van der Waals surface area (Å²) >= 11 is 5.97. The number of nitrogens with zero attached hydrogens (tertiary/aromatic N) is 2. The smallest absolute Gasteiger partial charge is 0.303 e. The molecule has 0 N–H and O–H groups in total. The molecule has 3 aromatic rings. The highest BCUT2D eigenvalue weighted by atomic mass is 35.5. The van der Waals surface area contributed by atoms with Crippen molar-refractivity contribution in [2.24, 2.45) is 0 Å². The zero-order valence-electron chi connectivity index (χ0n) is 12.3. The van der Waals surface area contributed by atoms with Crippen LogP contribution in [-0.2, 0) is 16.1 Å². The second kappa shape index (κ2) is 6.22. The van der Waals surface area contributed by atoms with Gasteiger partial charge in [0.1, 0.15) is 12.3 Å². The van der Waals surface area contributed by atoms with E-state index in [1.165, 1.54) is 17.5 Å². The predicted octanol–water partition coefficient (Wildman–Crippen LogP) is 3.08. The fraction of sp³-hybridized carbons (Fsp3) is 0.118. The van der Waals surface area contributed by atoms with Gasteiger partial charge in [-0.1, -0.05) is 41.9 Å². The van der Waals surface area contributed by atoms with E-state index in [-0.39, 0.29) is 12.2 Å². The Labute approximate surface area is 137 Å². The molecule has 2 aromatic heterocycles. The average molecular weight is 329 g/mol. The van der Waals surface area contributed by atoms with Gasteiger partial charge < -0.3 is 4.74 Å². The van der Waals surface area contributed by atoms with Crippen molar-refractivity contribution in [2.75, 3.05) is 0 Å². The van der Waals surface area contributed by atoms with Gasteiger partial charge in [0.15, 0.2) is 0 Å². The molecule has 116 valence electrons. The first-order valence-corrected chi connectivity index (χ1v) is 7.33. The van der Waals surface area contributed by atoms with Crippen molar-refractivity contribution in [3.05, 3.63) is 69.7 Å². The number of fused-ring (bicyclic) bond motifs is 1. The molecule has 0 spiro atoms. The lowest BCUT2D eigenvalue weighted by molar-refractivity contribution is -0.142. The number of pyridine rings is 1. The third-order valence-corrected chi connectivity index (χ3v) is 3.56. The van der Waals surface area contributed by atoms with E-state index in [1.54, 1.807) is 12.1 Å². The van der Waals surface area contributed by atoms with Crippen LogP contribution >= 0.6 is 11.6 Å². The van der Waals surface area contributed by atoms with Crippen LogP contribution < -0.4 is 5.56 Å². The van der Waals surface area contributed by atoms with E-state index in [4.69, 9.17) is 16.3 Å². The Morgan fingerprint density at radius 3 is 2.65 bits per heavy atom. The topological polar surface area (TPSA) is 60.7 Å². The zero-order chi connectivity index (χ0) is 16.4. The van der Waals surface area contributed by atoms with Crippen LogP contribution in [0.1, 0.15) is 12.6 Å². The van der Waals surface area contributed by atoms with Gasteiger partial charge in [0.05, 0.1) is 16.3 Å². The molecule has 0 saturated heterocycles. The van der Waals surface area contributed by atoms with Gasteiger partial charge in [-0.25, -0.2) is 4.98 Å². The molecule has 3 rings (SSSR count). The number of rotatable bonds is 3. The first kappa shape index (κ1) is 15.2. The normalized spacial score (nSPS) is 10.7. The molecule has 0 amide bonds. The van der Waals surface area contributed by atoms with E-state index in [1.807, 2.05) is 30.3 Å². The van der Waals surface area contributed by atoms with E-state index >= 15 is 0 Å². The first-order valence-electron chi connectivity index (χ1n) is 6.96. The number of carbonyl (C=O) groups is 1. The standard InChI is InChI=1S/C17H13ClN2O3/c1-11(21)23-10-14-16(12-5-3-2-4-6-12)17(22)20-9-13(18)7-8-15(20)19-14/h2-9H,10H2,1H3. The quantitative estimate of drug-likeness (QED) is 0.693. The Balaban J connectivity index is 2.28. The summed E-state index contributed by atoms with van der Waals surface area (Å²) in [6, 6.07) is 12.4. The highest BCUT2D eigenvalue weighted by Crippen LogP contribution is 2.21. The number of esters is 1. The molecular formula is C17H13ClN2O3. The molecule has 0 aliphatic rings. The number of ether oxygens (including phenoxy) is 1. The molecule has 23 heavy (non-hydrogen) atoms. The van der Waals surface area contributed by atoms with Gasteiger partial charge in [-0.2, -0.15) is 0 Å². The van der Waals surface area contributed by atoms with E-state index in [2.05, 4.69) is 4.98 Å². The van der Waals surface area contributed by atoms with Crippen molar-refractivity contribution in [1.82, 2.24) is 9.38 Å². The second-order valence-electron chi connectivity index (χ2n) is 4.96. The van der Waals surface area contributed by atoms with Gasteiger partial charge in [0, 0.05) is 13.1 Å². The van der Waals surface area contributed by atoms with Crippen LogP contribution in [0, 0.1) is 0 Å². The third-order valence-electron chi connectivity index (χ3n) is 3.34. The highest BCUT2D eigenvalue weighted by molar-refractivity contribution is 6.30. The first-order chi connectivity index (χ1) is 11.1. The van der Waals surface area contributed by atoms with Crippen molar-refractivity contribution in [2.45, 2.75) is 13.5 Å². The lowest BCUT2D eigenvalue weighted by Crippen LogP contribution is -2.20. The maximum atomic E-state index is 12.9. The molecule has 0 atom stereocenters. The van der Waals surface area contributed by atoms with Crippen LogP contribution in [0.2, 0.25) is 5.02 Å². The van der Waals surface area contributed by atoms with Crippen LogP contribution in [0.15, 0.2) is 53.5 Å². The molecule has 0 unspecified atom stereocenters. The minimum atomic E-state index is -0.429. The SMILES string of the molecule is CC(=O)OCc1nc2ccc(Cl)cn2c(=O)c1-c1ccccc1. The van der Waals surface area contributed by atoms with Gasteiger partial charge in [-0.15, -0.1) is 0 Å². The van der Waals surface area contributed by atoms with Crippen LogP contribution in [-0.4, -0.2) is 15.4 Å². The molecule has 0 aliphatic carbocycles. The lowest BCUT2D eigenvalue weighted by Gasteiger charge is -2.11. The molecule has 0 bridgehead atoms. The summed E-state index contributed by atoms with van der Waals surface area (Å²) in [5, 5.41) is 0.438. The minimum Gasteiger partial charge on any atom is -0.459 e. The molecule has 2 heterocycles. The number of benzene rings is 1. The molecule has 5 nitrogen and oxygen atoms in total. The van der Waals surface area contributed by atoms with Gasteiger partial charge in [-0.3, -0.25) is 14.0 Å². The van der Waals surface area contributed by atoms with Crippen LogP contribution in [0.3, 0.4) is 0 Å². The van der Waals surface area contributed by atoms with Gasteiger partial charge in [0.25, 0.3) is 5.56 Å². The summed E-state index contributed by atoms with van der Waals surface area (Å²) < 4.78 is 6.43. The molecule has 0 aliphatic heterocycles. The Hall–Kier alpha value is -2.66. The van der Waals surface area contributed by atoms with Gasteiger partial charge >= 0.3 is 5.97 Å². The molecule has 0 fully saturated rings. The fourth-order valence-corrected chi connectivity index (χ4v) is 2.49.